The summed E-state index contributed by atoms with van der Waals surface area (Å²) in [6, 6.07) is 16.1. The average molecular weight is 524 g/mol. The first-order valence-corrected chi connectivity index (χ1v) is 13.8. The summed E-state index contributed by atoms with van der Waals surface area (Å²) in [5, 5.41) is 0.154. The van der Waals surface area contributed by atoms with E-state index in [0.29, 0.717) is 23.8 Å². The van der Waals surface area contributed by atoms with Crippen LogP contribution in [0.15, 0.2) is 65.1 Å². The van der Waals surface area contributed by atoms with Crippen molar-refractivity contribution in [1.29, 1.82) is 0 Å². The second-order valence-electron chi connectivity index (χ2n) is 9.45. The third-order valence-electron chi connectivity index (χ3n) is 7.20. The van der Waals surface area contributed by atoms with E-state index in [1.807, 2.05) is 37.3 Å². The molecule has 0 N–H and O–H groups in total. The number of carbonyl (C=O) groups is 3. The molecule has 1 aliphatic carbocycles. The van der Waals surface area contributed by atoms with Crippen LogP contribution in [0.2, 0.25) is 5.02 Å². The molecule has 1 fully saturated rings. The number of nitrogens with zero attached hydrogens (tertiary/aromatic N) is 3. The third kappa shape index (κ3) is 4.78. The Labute approximate surface area is 221 Å². The average Bonchev–Trinajstić information content (AvgIpc) is 3.09. The monoisotopic (exact) mass is 523 g/mol. The fourth-order valence-electron chi connectivity index (χ4n) is 5.32. The van der Waals surface area contributed by atoms with Crippen LogP contribution in [0.25, 0.3) is 0 Å². The Morgan fingerprint density at radius 1 is 1.03 bits per heavy atom. The number of hydrogen-bond acceptors (Lipinski definition) is 4. The van der Waals surface area contributed by atoms with Crippen LogP contribution < -0.4 is 4.90 Å². The summed E-state index contributed by atoms with van der Waals surface area (Å²) in [6.07, 6.45) is 5.09. The van der Waals surface area contributed by atoms with Crippen molar-refractivity contribution in [2.75, 3.05) is 18.0 Å². The summed E-state index contributed by atoms with van der Waals surface area (Å²) in [5.74, 6) is -0.748. The molecule has 0 bridgehead atoms. The van der Waals surface area contributed by atoms with Crippen molar-refractivity contribution in [2.45, 2.75) is 50.9 Å². The van der Waals surface area contributed by atoms with Crippen molar-refractivity contribution in [2.24, 2.45) is 5.92 Å². The van der Waals surface area contributed by atoms with Crippen LogP contribution in [0, 0.1) is 5.92 Å². The first kappa shape index (κ1) is 24.9. The highest BCUT2D eigenvalue weighted by molar-refractivity contribution is 8.04. The number of allylic oxidation sites excluding steroid dienone is 1. The van der Waals surface area contributed by atoms with E-state index in [4.69, 9.17) is 11.6 Å². The van der Waals surface area contributed by atoms with E-state index in [0.717, 1.165) is 43.2 Å². The predicted octanol–water partition coefficient (Wildman–Crippen LogP) is 6.06. The van der Waals surface area contributed by atoms with E-state index < -0.39 is 11.9 Å². The van der Waals surface area contributed by atoms with Gasteiger partial charge in [-0.2, -0.15) is 0 Å². The van der Waals surface area contributed by atoms with Crippen LogP contribution in [0.5, 0.6) is 0 Å². The van der Waals surface area contributed by atoms with Gasteiger partial charge in [0.1, 0.15) is 6.54 Å². The van der Waals surface area contributed by atoms with Crippen molar-refractivity contribution in [3.8, 4) is 0 Å². The zero-order valence-corrected chi connectivity index (χ0v) is 21.9. The normalized spacial score (nSPS) is 21.8. The second-order valence-corrected chi connectivity index (χ2v) is 11.1. The first-order valence-electron chi connectivity index (χ1n) is 12.6. The predicted molar refractivity (Wildman–Crippen MR) is 144 cm³/mol. The number of halogens is 1. The summed E-state index contributed by atoms with van der Waals surface area (Å²) in [7, 11) is 0. The maximum absolute atomic E-state index is 13.8. The van der Waals surface area contributed by atoms with Gasteiger partial charge in [0.25, 0.3) is 0 Å². The van der Waals surface area contributed by atoms with Crippen LogP contribution in [-0.2, 0) is 16.1 Å². The Morgan fingerprint density at radius 3 is 2.47 bits per heavy atom. The van der Waals surface area contributed by atoms with Gasteiger partial charge in [-0.1, -0.05) is 48.4 Å². The summed E-state index contributed by atoms with van der Waals surface area (Å²) >= 11 is 7.69. The lowest BCUT2D eigenvalue weighted by atomic mass is 9.91. The maximum atomic E-state index is 13.8. The molecule has 0 saturated carbocycles. The SMILES string of the molecule is CCN(Cc1ccccc1)C(=O)CN1C(=O)N(c2ccc(Cl)cc2)C(=O)C2C3=C(CCCCC3)SC21. The minimum atomic E-state index is -0.446. The Hall–Kier alpha value is -2.77. The van der Waals surface area contributed by atoms with E-state index in [-0.39, 0.29) is 23.7 Å². The summed E-state index contributed by atoms with van der Waals surface area (Å²) in [4.78, 5) is 47.0. The van der Waals surface area contributed by atoms with Crippen LogP contribution in [0.4, 0.5) is 10.5 Å². The van der Waals surface area contributed by atoms with Crippen molar-refractivity contribution in [3.05, 3.63) is 75.7 Å². The molecule has 2 aromatic rings. The Morgan fingerprint density at radius 2 is 1.75 bits per heavy atom. The maximum Gasteiger partial charge on any atom is 0.332 e. The van der Waals surface area contributed by atoms with Crippen LogP contribution in [-0.4, -0.2) is 46.1 Å². The Balaban J connectivity index is 1.46. The van der Waals surface area contributed by atoms with Gasteiger partial charge in [-0.3, -0.25) is 9.59 Å². The van der Waals surface area contributed by atoms with Gasteiger partial charge >= 0.3 is 6.03 Å². The number of amides is 4. The summed E-state index contributed by atoms with van der Waals surface area (Å²) < 4.78 is 0. The first-order chi connectivity index (χ1) is 17.5. The fourth-order valence-corrected chi connectivity index (χ4v) is 7.09. The molecule has 2 aromatic carbocycles. The van der Waals surface area contributed by atoms with E-state index in [1.54, 1.807) is 45.8 Å². The zero-order chi connectivity index (χ0) is 25.2. The number of imide groups is 1. The molecular formula is C28H30ClN3O3S. The van der Waals surface area contributed by atoms with Gasteiger partial charge in [-0.05, 0) is 72.9 Å². The Kier molecular flexibility index (Phi) is 7.39. The van der Waals surface area contributed by atoms with Crippen molar-refractivity contribution in [3.63, 3.8) is 0 Å². The zero-order valence-electron chi connectivity index (χ0n) is 20.4. The van der Waals surface area contributed by atoms with E-state index in [2.05, 4.69) is 0 Å². The number of benzene rings is 2. The highest BCUT2D eigenvalue weighted by Crippen LogP contribution is 2.52. The molecule has 4 amide bonds. The number of fused-ring (bicyclic) bond motifs is 2. The van der Waals surface area contributed by atoms with Crippen molar-refractivity contribution in [1.82, 2.24) is 9.80 Å². The Bertz CT molecular complexity index is 1180. The molecule has 0 spiro atoms. The highest BCUT2D eigenvalue weighted by atomic mass is 35.5. The van der Waals surface area contributed by atoms with Gasteiger partial charge in [0.2, 0.25) is 11.8 Å². The molecule has 2 heterocycles. The molecule has 188 valence electrons. The lowest BCUT2D eigenvalue weighted by Crippen LogP contribution is -2.62. The van der Waals surface area contributed by atoms with Crippen LogP contribution in [0.1, 0.15) is 44.6 Å². The summed E-state index contributed by atoms with van der Waals surface area (Å²) in [6.45, 7) is 2.89. The van der Waals surface area contributed by atoms with Crippen LogP contribution in [0.3, 0.4) is 0 Å². The molecule has 6 nitrogen and oxygen atoms in total. The highest BCUT2D eigenvalue weighted by Gasteiger charge is 2.53. The van der Waals surface area contributed by atoms with Gasteiger partial charge in [-0.15, -0.1) is 11.8 Å². The van der Waals surface area contributed by atoms with E-state index in [9.17, 15) is 14.4 Å². The van der Waals surface area contributed by atoms with Crippen molar-refractivity contribution >= 4 is 46.9 Å². The molecular weight excluding hydrogens is 494 g/mol. The lowest BCUT2D eigenvalue weighted by molar-refractivity contribution is -0.133. The van der Waals surface area contributed by atoms with Crippen LogP contribution >= 0.6 is 23.4 Å². The van der Waals surface area contributed by atoms with Gasteiger partial charge in [-0.25, -0.2) is 9.69 Å². The van der Waals surface area contributed by atoms with Gasteiger partial charge in [0, 0.05) is 18.1 Å². The molecule has 2 unspecified atom stereocenters. The minimum Gasteiger partial charge on any atom is -0.337 e. The molecule has 36 heavy (non-hydrogen) atoms. The van der Waals surface area contributed by atoms with Crippen molar-refractivity contribution < 1.29 is 14.4 Å². The second kappa shape index (κ2) is 10.7. The van der Waals surface area contributed by atoms with E-state index >= 15 is 0 Å². The largest absolute Gasteiger partial charge is 0.337 e. The number of rotatable bonds is 6. The molecule has 0 aromatic heterocycles. The molecule has 3 aliphatic rings. The third-order valence-corrected chi connectivity index (χ3v) is 8.97. The standard InChI is InChI=1S/C28H30ClN3O3S/c1-2-30(17-19-9-5-3-6-10-19)24(33)18-31-27-25(22-11-7-4-8-12-23(22)36-27)26(34)32(28(31)35)21-15-13-20(29)14-16-21/h3,5-6,9-10,13-16,25,27H,2,4,7-8,11-12,17-18H2,1H3. The molecule has 0 radical (unpaired) electrons. The smallest absolute Gasteiger partial charge is 0.332 e. The number of hydrogen-bond donors (Lipinski definition) is 0. The fraction of sp³-hybridized carbons (Fsp3) is 0.393. The number of anilines is 1. The number of carbonyl (C=O) groups excluding carboxylic acids is 3. The minimum absolute atomic E-state index is 0.0639. The molecule has 1 saturated heterocycles. The molecule has 8 heteroatoms. The van der Waals surface area contributed by atoms with E-state index in [1.165, 1.54) is 9.81 Å². The number of likely N-dealkylation sites (N-methyl/N-ethyl adjacent to an activating group) is 1. The van der Waals surface area contributed by atoms with Gasteiger partial charge in [0.15, 0.2) is 0 Å². The number of urea groups is 1. The van der Waals surface area contributed by atoms with Gasteiger partial charge < -0.3 is 9.80 Å². The topological polar surface area (TPSA) is 60.9 Å². The van der Waals surface area contributed by atoms with Gasteiger partial charge in [0.05, 0.1) is 17.0 Å². The number of thioether (sulfide) groups is 1. The molecule has 2 aliphatic heterocycles. The molecule has 2 atom stereocenters. The quantitative estimate of drug-likeness (QED) is 0.461. The lowest BCUT2D eigenvalue weighted by Gasteiger charge is -2.42. The summed E-state index contributed by atoms with van der Waals surface area (Å²) in [5.41, 5.74) is 2.68. The molecule has 5 rings (SSSR count).